The first-order chi connectivity index (χ1) is 16.1. The smallest absolute Gasteiger partial charge is 0.338 e. The Balaban J connectivity index is 1.61. The first kappa shape index (κ1) is 25.6. The van der Waals surface area contributed by atoms with Crippen molar-refractivity contribution in [3.63, 3.8) is 0 Å². The fourth-order valence-electron chi connectivity index (χ4n) is 4.19. The fraction of sp³-hybridized carbons (Fsp3) is 0.440. The molecule has 0 radical (unpaired) electrons. The molecule has 1 fully saturated rings. The van der Waals surface area contributed by atoms with Gasteiger partial charge in [0.1, 0.15) is 5.75 Å². The molecule has 1 N–H and O–H groups in total. The van der Waals surface area contributed by atoms with E-state index in [2.05, 4.69) is 19.2 Å². The minimum Gasteiger partial charge on any atom is -0.495 e. The van der Waals surface area contributed by atoms with E-state index >= 15 is 0 Å². The van der Waals surface area contributed by atoms with Crippen molar-refractivity contribution in [2.75, 3.05) is 25.1 Å². The lowest BCUT2D eigenvalue weighted by molar-refractivity contribution is -0.125. The molecule has 0 aromatic heterocycles. The lowest BCUT2D eigenvalue weighted by atomic mass is 9.78. The van der Waals surface area contributed by atoms with E-state index in [1.165, 1.54) is 38.4 Å². The summed E-state index contributed by atoms with van der Waals surface area (Å²) < 4.78 is 37.6. The highest BCUT2D eigenvalue weighted by atomic mass is 32.2. The number of para-hydroxylation sites is 2. The van der Waals surface area contributed by atoms with Gasteiger partial charge in [0.2, 0.25) is 0 Å². The summed E-state index contributed by atoms with van der Waals surface area (Å²) in [4.78, 5) is 24.7. The van der Waals surface area contributed by atoms with Crippen LogP contribution in [0.3, 0.4) is 0 Å². The Kier molecular flexibility index (Phi) is 8.19. The molecule has 0 aliphatic heterocycles. The molecule has 2 aromatic rings. The number of carbonyl (C=O) groups is 2. The summed E-state index contributed by atoms with van der Waals surface area (Å²) in [6.07, 6.45) is 3.14. The number of benzene rings is 2. The monoisotopic (exact) mass is 488 g/mol. The van der Waals surface area contributed by atoms with Crippen molar-refractivity contribution >= 4 is 27.6 Å². The molecular weight excluding hydrogens is 456 g/mol. The molecule has 3 atom stereocenters. The molecular formula is C25H32N2O6S. The zero-order valence-electron chi connectivity index (χ0n) is 20.0. The number of hydrogen-bond donors (Lipinski definition) is 1. The molecule has 0 spiro atoms. The van der Waals surface area contributed by atoms with Gasteiger partial charge >= 0.3 is 5.97 Å². The van der Waals surface area contributed by atoms with Gasteiger partial charge in [0.05, 0.1) is 23.3 Å². The Morgan fingerprint density at radius 1 is 1.06 bits per heavy atom. The predicted molar refractivity (Wildman–Crippen MR) is 129 cm³/mol. The first-order valence-corrected chi connectivity index (χ1v) is 12.8. The second-order valence-corrected chi connectivity index (χ2v) is 10.7. The van der Waals surface area contributed by atoms with Gasteiger partial charge in [-0.15, -0.1) is 0 Å². The normalized spacial score (nSPS) is 20.3. The largest absolute Gasteiger partial charge is 0.495 e. The Bertz CT molecular complexity index is 1120. The number of ether oxygens (including phenoxy) is 2. The van der Waals surface area contributed by atoms with Gasteiger partial charge in [0.15, 0.2) is 6.61 Å². The second kappa shape index (κ2) is 10.9. The van der Waals surface area contributed by atoms with Crippen LogP contribution in [0.15, 0.2) is 53.4 Å². The summed E-state index contributed by atoms with van der Waals surface area (Å²) in [5.41, 5.74) is 0.549. The highest BCUT2D eigenvalue weighted by molar-refractivity contribution is 7.92. The summed E-state index contributed by atoms with van der Waals surface area (Å²) in [5.74, 6) is 0.304. The predicted octanol–water partition coefficient (Wildman–Crippen LogP) is 3.62. The van der Waals surface area contributed by atoms with E-state index in [0.29, 0.717) is 23.3 Å². The number of sulfonamides is 1. The maximum Gasteiger partial charge on any atom is 0.338 e. The summed E-state index contributed by atoms with van der Waals surface area (Å²) in [6.45, 7) is 3.93. The molecule has 1 aliphatic carbocycles. The number of rotatable bonds is 8. The number of nitrogens with zero attached hydrogens (tertiary/aromatic N) is 1. The zero-order chi connectivity index (χ0) is 24.9. The van der Waals surface area contributed by atoms with Gasteiger partial charge in [0.25, 0.3) is 15.9 Å². The summed E-state index contributed by atoms with van der Waals surface area (Å²) in [5, 5.41) is 2.96. The molecule has 184 valence electrons. The van der Waals surface area contributed by atoms with Gasteiger partial charge in [-0.05, 0) is 54.7 Å². The van der Waals surface area contributed by atoms with E-state index in [0.717, 1.165) is 23.6 Å². The molecule has 8 nitrogen and oxygen atoms in total. The molecule has 34 heavy (non-hydrogen) atoms. The quantitative estimate of drug-likeness (QED) is 0.570. The Morgan fingerprint density at radius 2 is 1.74 bits per heavy atom. The second-order valence-electron chi connectivity index (χ2n) is 8.69. The van der Waals surface area contributed by atoms with E-state index in [-0.39, 0.29) is 29.0 Å². The Morgan fingerprint density at radius 3 is 2.41 bits per heavy atom. The van der Waals surface area contributed by atoms with Gasteiger partial charge in [-0.25, -0.2) is 13.2 Å². The number of carbonyl (C=O) groups excluding carboxylic acids is 2. The van der Waals surface area contributed by atoms with Crippen LogP contribution >= 0.6 is 0 Å². The molecule has 0 saturated heterocycles. The van der Waals surface area contributed by atoms with E-state index < -0.39 is 16.0 Å². The SMILES string of the molecule is COc1ccccc1N(C)S(=O)(=O)c1ccc(C(=O)OCC(=O)NC2CCCC(C)C2C)cc1. The number of amides is 1. The number of hydrogen-bond acceptors (Lipinski definition) is 6. The van der Waals surface area contributed by atoms with Gasteiger partial charge in [-0.1, -0.05) is 38.8 Å². The van der Waals surface area contributed by atoms with Crippen LogP contribution in [0, 0.1) is 11.8 Å². The lowest BCUT2D eigenvalue weighted by Crippen LogP contribution is -2.45. The van der Waals surface area contributed by atoms with Gasteiger partial charge in [-0.2, -0.15) is 0 Å². The van der Waals surface area contributed by atoms with Crippen LogP contribution in [0.5, 0.6) is 5.75 Å². The van der Waals surface area contributed by atoms with Crippen molar-refractivity contribution in [2.24, 2.45) is 11.8 Å². The number of methoxy groups -OCH3 is 1. The van der Waals surface area contributed by atoms with Gasteiger partial charge < -0.3 is 14.8 Å². The van der Waals surface area contributed by atoms with Crippen molar-refractivity contribution in [1.29, 1.82) is 0 Å². The van der Waals surface area contributed by atoms with E-state index in [4.69, 9.17) is 9.47 Å². The van der Waals surface area contributed by atoms with Crippen molar-refractivity contribution < 1.29 is 27.5 Å². The number of anilines is 1. The molecule has 1 amide bonds. The molecule has 3 unspecified atom stereocenters. The molecule has 0 heterocycles. The van der Waals surface area contributed by atoms with Crippen molar-refractivity contribution in [2.45, 2.75) is 44.0 Å². The number of esters is 1. The molecule has 2 aromatic carbocycles. The fourth-order valence-corrected chi connectivity index (χ4v) is 5.40. The summed E-state index contributed by atoms with van der Waals surface area (Å²) in [7, 11) is -0.981. The molecule has 1 saturated carbocycles. The van der Waals surface area contributed by atoms with Crippen molar-refractivity contribution in [3.8, 4) is 5.75 Å². The minimum atomic E-state index is -3.88. The number of nitrogens with one attached hydrogen (secondary N) is 1. The van der Waals surface area contributed by atoms with E-state index in [9.17, 15) is 18.0 Å². The van der Waals surface area contributed by atoms with E-state index in [1.54, 1.807) is 24.3 Å². The standard InChI is InChI=1S/C25H32N2O6S/c1-17-8-7-9-21(18(17)2)26-24(28)16-33-25(29)19-12-14-20(15-13-19)34(30,31)27(3)22-10-5-6-11-23(22)32-4/h5-6,10-15,17-18,21H,7-9,16H2,1-4H3,(H,26,28). The average molecular weight is 489 g/mol. The van der Waals surface area contributed by atoms with Gasteiger partial charge in [0, 0.05) is 13.1 Å². The Hall–Kier alpha value is -3.07. The van der Waals surface area contributed by atoms with Crippen molar-refractivity contribution in [3.05, 3.63) is 54.1 Å². The third-order valence-corrected chi connectivity index (χ3v) is 8.35. The van der Waals surface area contributed by atoms with Gasteiger partial charge in [-0.3, -0.25) is 9.10 Å². The Labute approximate surface area is 201 Å². The molecule has 3 rings (SSSR count). The molecule has 9 heteroatoms. The van der Waals surface area contributed by atoms with Crippen molar-refractivity contribution in [1.82, 2.24) is 5.32 Å². The topological polar surface area (TPSA) is 102 Å². The lowest BCUT2D eigenvalue weighted by Gasteiger charge is -2.34. The summed E-state index contributed by atoms with van der Waals surface area (Å²) >= 11 is 0. The first-order valence-electron chi connectivity index (χ1n) is 11.3. The third-order valence-electron chi connectivity index (χ3n) is 6.56. The highest BCUT2D eigenvalue weighted by Crippen LogP contribution is 2.31. The van der Waals surface area contributed by atoms with Crippen LogP contribution in [-0.4, -0.2) is 47.1 Å². The van der Waals surface area contributed by atoms with Crippen LogP contribution in [0.1, 0.15) is 43.5 Å². The van der Waals surface area contributed by atoms with Crippen LogP contribution in [0.4, 0.5) is 5.69 Å². The van der Waals surface area contributed by atoms with Crippen LogP contribution in [0.2, 0.25) is 0 Å². The van der Waals surface area contributed by atoms with Crippen LogP contribution in [-0.2, 0) is 19.6 Å². The van der Waals surface area contributed by atoms with Crippen LogP contribution < -0.4 is 14.4 Å². The van der Waals surface area contributed by atoms with Crippen LogP contribution in [0.25, 0.3) is 0 Å². The molecule has 1 aliphatic rings. The third kappa shape index (κ3) is 5.70. The highest BCUT2D eigenvalue weighted by Gasteiger charge is 2.28. The van der Waals surface area contributed by atoms with E-state index in [1.807, 2.05) is 0 Å². The maximum absolute atomic E-state index is 13.0. The maximum atomic E-state index is 13.0. The zero-order valence-corrected chi connectivity index (χ0v) is 20.8. The average Bonchev–Trinajstić information content (AvgIpc) is 2.84. The minimum absolute atomic E-state index is 0.00982. The summed E-state index contributed by atoms with van der Waals surface area (Å²) in [6, 6.07) is 12.3. The molecule has 0 bridgehead atoms.